The smallest absolute Gasteiger partial charge is 0.347 e. The van der Waals surface area contributed by atoms with Crippen LogP contribution in [0.25, 0.3) is 0 Å². The Morgan fingerprint density at radius 3 is 2.23 bits per heavy atom. The molecule has 0 saturated heterocycles. The van der Waals surface area contributed by atoms with E-state index in [1.54, 1.807) is 31.2 Å². The average Bonchev–Trinajstić information content (AvgIpc) is 3.09. The van der Waals surface area contributed by atoms with Gasteiger partial charge in [0.2, 0.25) is 0 Å². The maximum Gasteiger partial charge on any atom is 0.347 e. The number of phenolic OH excluding ortho intramolecular Hbond substituents is 1. The van der Waals surface area contributed by atoms with Crippen LogP contribution in [0.3, 0.4) is 0 Å². The summed E-state index contributed by atoms with van der Waals surface area (Å²) in [6.45, 7) is 1.91. The fourth-order valence-electron chi connectivity index (χ4n) is 4.56. The van der Waals surface area contributed by atoms with Crippen LogP contribution >= 0.6 is 0 Å². The molecule has 2 aliphatic heterocycles. The van der Waals surface area contributed by atoms with Gasteiger partial charge in [0.1, 0.15) is 11.8 Å². The Kier molecular flexibility index (Phi) is 3.58. The first-order valence-electron chi connectivity index (χ1n) is 9.49. The Balaban J connectivity index is 1.87. The summed E-state index contributed by atoms with van der Waals surface area (Å²) in [5, 5.41) is 10.8. The zero-order chi connectivity index (χ0) is 21.5. The summed E-state index contributed by atoms with van der Waals surface area (Å²) >= 11 is 0. The topological polar surface area (TPSA) is 118 Å². The van der Waals surface area contributed by atoms with Gasteiger partial charge in [-0.2, -0.15) is 0 Å². The molecule has 2 unspecified atom stereocenters. The summed E-state index contributed by atoms with van der Waals surface area (Å²) in [4.78, 5) is 50.9. The predicted molar refractivity (Wildman–Crippen MR) is 106 cm³/mol. The first-order chi connectivity index (χ1) is 14.2. The molecule has 30 heavy (non-hydrogen) atoms. The van der Waals surface area contributed by atoms with Crippen molar-refractivity contribution in [3.8, 4) is 5.75 Å². The van der Waals surface area contributed by atoms with Crippen LogP contribution in [0.15, 0.2) is 49.0 Å². The van der Waals surface area contributed by atoms with E-state index in [0.717, 1.165) is 9.13 Å². The molecule has 2 atom stereocenters. The molecule has 0 aliphatic carbocycles. The molecule has 4 heterocycles. The number of nitrogens with zero attached hydrogens (tertiary/aromatic N) is 6. The van der Waals surface area contributed by atoms with Crippen molar-refractivity contribution in [3.05, 3.63) is 82.9 Å². The molecule has 0 bridgehead atoms. The van der Waals surface area contributed by atoms with Gasteiger partial charge >= 0.3 is 22.8 Å². The van der Waals surface area contributed by atoms with Crippen LogP contribution in [0.5, 0.6) is 5.75 Å². The molecule has 2 aliphatic rings. The van der Waals surface area contributed by atoms with Crippen molar-refractivity contribution >= 4 is 0 Å². The number of hydrogen-bond donors (Lipinski definition) is 1. The minimum absolute atomic E-state index is 0.0159. The van der Waals surface area contributed by atoms with Crippen LogP contribution in [0.1, 0.15) is 23.2 Å². The average molecular weight is 412 g/mol. The van der Waals surface area contributed by atoms with E-state index in [4.69, 9.17) is 0 Å². The molecule has 0 radical (unpaired) electrons. The Bertz CT molecular complexity index is 1490. The third kappa shape index (κ3) is 2.09. The number of allylic oxidation sites excluding steroid dienone is 2. The molecular weight excluding hydrogens is 392 g/mol. The molecule has 156 valence electrons. The number of aromatic hydroxyl groups is 1. The lowest BCUT2D eigenvalue weighted by molar-refractivity contribution is 0.244. The van der Waals surface area contributed by atoms with Crippen LogP contribution in [-0.2, 0) is 27.2 Å². The fraction of sp³-hybridized carbons (Fsp3) is 0.368. The van der Waals surface area contributed by atoms with Crippen molar-refractivity contribution in [3.63, 3.8) is 0 Å². The fourth-order valence-corrected chi connectivity index (χ4v) is 4.56. The van der Waals surface area contributed by atoms with Gasteiger partial charge in [0.15, 0.2) is 0 Å². The van der Waals surface area contributed by atoms with Crippen LogP contribution in [-0.4, -0.2) is 33.0 Å². The minimum Gasteiger partial charge on any atom is -0.507 e. The maximum absolute atomic E-state index is 12.9. The van der Waals surface area contributed by atoms with Crippen molar-refractivity contribution in [1.29, 1.82) is 0 Å². The highest BCUT2D eigenvalue weighted by atomic mass is 16.3. The molecule has 5 rings (SSSR count). The lowest BCUT2D eigenvalue weighted by Gasteiger charge is -2.37. The van der Waals surface area contributed by atoms with E-state index in [9.17, 15) is 24.3 Å². The van der Waals surface area contributed by atoms with Crippen molar-refractivity contribution in [2.24, 2.45) is 14.1 Å². The quantitative estimate of drug-likeness (QED) is 0.504. The highest BCUT2D eigenvalue weighted by molar-refractivity contribution is 5.46. The summed E-state index contributed by atoms with van der Waals surface area (Å²) in [5.74, 6) is 0.0159. The van der Waals surface area contributed by atoms with Gasteiger partial charge in [0.25, 0.3) is 0 Å². The van der Waals surface area contributed by atoms with Gasteiger partial charge in [-0.25, -0.2) is 47.0 Å². The lowest BCUT2D eigenvalue weighted by Crippen LogP contribution is -2.47. The summed E-state index contributed by atoms with van der Waals surface area (Å²) in [6.07, 6.45) is 1.80. The molecule has 1 N–H and O–H groups in total. The summed E-state index contributed by atoms with van der Waals surface area (Å²) in [7, 11) is 2.79. The summed E-state index contributed by atoms with van der Waals surface area (Å²) in [5.41, 5.74) is -0.245. The molecule has 0 amide bonds. The number of fused-ring (bicyclic) bond motifs is 4. The number of aryl methyl sites for hydroxylation is 1. The van der Waals surface area contributed by atoms with Crippen LogP contribution in [0.4, 0.5) is 0 Å². The number of benzene rings is 1. The van der Waals surface area contributed by atoms with Crippen LogP contribution in [0.2, 0.25) is 0 Å². The third-order valence-electron chi connectivity index (χ3n) is 6.15. The Labute approximate surface area is 168 Å². The highest BCUT2D eigenvalue weighted by Crippen LogP contribution is 2.41. The Morgan fingerprint density at radius 2 is 1.53 bits per heavy atom. The van der Waals surface area contributed by atoms with Gasteiger partial charge in [-0.3, -0.25) is 0 Å². The van der Waals surface area contributed by atoms with E-state index in [1.165, 1.54) is 32.8 Å². The van der Waals surface area contributed by atoms with Crippen LogP contribution in [0, 0.1) is 6.92 Å². The zero-order valence-corrected chi connectivity index (χ0v) is 16.6. The van der Waals surface area contributed by atoms with Gasteiger partial charge in [-0.15, -0.1) is 0 Å². The Hall–Kier alpha value is -3.76. The lowest BCUT2D eigenvalue weighted by atomic mass is 9.89. The van der Waals surface area contributed by atoms with Gasteiger partial charge in [-0.1, -0.05) is 24.3 Å². The first-order valence-corrected chi connectivity index (χ1v) is 9.49. The number of rotatable bonds is 1. The largest absolute Gasteiger partial charge is 0.507 e. The number of aromatic nitrogens is 6. The normalized spacial score (nSPS) is 19.8. The summed E-state index contributed by atoms with van der Waals surface area (Å²) < 4.78 is 7.28. The van der Waals surface area contributed by atoms with Crippen molar-refractivity contribution in [2.45, 2.75) is 32.1 Å². The molecule has 1 aromatic carbocycles. The molecule has 0 fully saturated rings. The standard InChI is InChI=1S/C19H20N6O5/c1-10-5-4-6-12(15(10)26)14-11-7-8-22-16(27)20(2)18(29)24(22)13(11)9-23-17(28)21(3)19(30)25(14)23/h4-7,13-14,26H,8-9H2,1-3H3. The van der Waals surface area contributed by atoms with Crippen molar-refractivity contribution in [2.75, 3.05) is 0 Å². The molecule has 11 nitrogen and oxygen atoms in total. The molecular formula is C19H20N6O5. The number of hydrogen-bond acceptors (Lipinski definition) is 5. The highest BCUT2D eigenvalue weighted by Gasteiger charge is 2.41. The second-order valence-corrected chi connectivity index (χ2v) is 7.74. The van der Waals surface area contributed by atoms with Gasteiger partial charge in [0.05, 0.1) is 19.1 Å². The molecule has 0 spiro atoms. The van der Waals surface area contributed by atoms with E-state index in [-0.39, 0.29) is 18.8 Å². The molecule has 0 saturated carbocycles. The molecule has 2 aromatic heterocycles. The van der Waals surface area contributed by atoms with E-state index < -0.39 is 34.8 Å². The first kappa shape index (κ1) is 18.3. The second-order valence-electron chi connectivity index (χ2n) is 7.74. The van der Waals surface area contributed by atoms with E-state index >= 15 is 0 Å². The van der Waals surface area contributed by atoms with Gasteiger partial charge in [-0.05, 0) is 18.1 Å². The third-order valence-corrected chi connectivity index (χ3v) is 6.15. The van der Waals surface area contributed by atoms with E-state index in [2.05, 4.69) is 0 Å². The van der Waals surface area contributed by atoms with Gasteiger partial charge < -0.3 is 5.11 Å². The van der Waals surface area contributed by atoms with Crippen molar-refractivity contribution < 1.29 is 5.11 Å². The number of phenols is 1. The van der Waals surface area contributed by atoms with Crippen LogP contribution < -0.4 is 22.8 Å². The zero-order valence-electron chi connectivity index (χ0n) is 16.6. The minimum atomic E-state index is -0.791. The predicted octanol–water partition coefficient (Wildman–Crippen LogP) is -1.19. The second kappa shape index (κ2) is 5.88. The van der Waals surface area contributed by atoms with Gasteiger partial charge in [0, 0.05) is 19.7 Å². The van der Waals surface area contributed by atoms with E-state index in [0.29, 0.717) is 16.7 Å². The monoisotopic (exact) mass is 412 g/mol. The van der Waals surface area contributed by atoms with E-state index in [1.807, 2.05) is 0 Å². The number of para-hydroxylation sites is 1. The van der Waals surface area contributed by atoms with Crippen molar-refractivity contribution in [1.82, 2.24) is 27.9 Å². The molecule has 3 aromatic rings. The molecule has 11 heteroatoms. The maximum atomic E-state index is 12.9. The Morgan fingerprint density at radius 1 is 0.900 bits per heavy atom. The summed E-state index contributed by atoms with van der Waals surface area (Å²) in [6, 6.07) is 3.76. The SMILES string of the molecule is Cc1cccc(C2C3=CCn4c(=O)n(C)c(=O)n4C3Cn3c(=O)n(C)c(=O)n32)c1O.